The minimum Gasteiger partial charge on any atom is -0.289 e. The monoisotopic (exact) mass is 225 g/mol. The van der Waals surface area contributed by atoms with E-state index in [1.165, 1.54) is 26.3 Å². The summed E-state index contributed by atoms with van der Waals surface area (Å²) < 4.78 is 26.8. The molecule has 0 heterocycles. The Kier molecular flexibility index (Phi) is 5.03. The van der Waals surface area contributed by atoms with Crippen molar-refractivity contribution in [3.05, 3.63) is 0 Å². The van der Waals surface area contributed by atoms with Crippen molar-refractivity contribution in [1.82, 2.24) is 5.48 Å². The van der Waals surface area contributed by atoms with Crippen molar-refractivity contribution in [3.8, 4) is 0 Å². The van der Waals surface area contributed by atoms with E-state index in [2.05, 4.69) is 4.18 Å². The molecule has 0 aromatic heterocycles. The molecule has 0 rings (SSSR count). The van der Waals surface area contributed by atoms with Crippen molar-refractivity contribution >= 4 is 16.0 Å². The maximum absolute atomic E-state index is 11.1. The van der Waals surface area contributed by atoms with Gasteiger partial charge in [-0.25, -0.2) is 5.48 Å². The second kappa shape index (κ2) is 5.28. The van der Waals surface area contributed by atoms with E-state index in [0.717, 1.165) is 0 Å². The fourth-order valence-electron chi connectivity index (χ4n) is 0.519. The Labute approximate surface area is 83.3 Å². The molecule has 0 spiro atoms. The number of carbonyl (C=O) groups is 1. The normalized spacial score (nSPS) is 14.1. The van der Waals surface area contributed by atoms with Gasteiger partial charge in [-0.3, -0.25) is 14.2 Å². The third-order valence-corrected chi connectivity index (χ3v) is 3.24. The van der Waals surface area contributed by atoms with E-state index in [4.69, 9.17) is 5.21 Å². The summed E-state index contributed by atoms with van der Waals surface area (Å²) in [5.41, 5.74) is 1.42. The van der Waals surface area contributed by atoms with Gasteiger partial charge in [0.2, 0.25) is 5.91 Å². The van der Waals surface area contributed by atoms with Gasteiger partial charge in [0.1, 0.15) is 0 Å². The highest BCUT2D eigenvalue weighted by Crippen LogP contribution is 2.05. The predicted molar refractivity (Wildman–Crippen MR) is 49.1 cm³/mol. The Morgan fingerprint density at radius 1 is 1.43 bits per heavy atom. The molecule has 1 unspecified atom stereocenters. The maximum atomic E-state index is 11.1. The minimum absolute atomic E-state index is 0.271. The average molecular weight is 225 g/mol. The van der Waals surface area contributed by atoms with Crippen molar-refractivity contribution in [2.24, 2.45) is 5.92 Å². The Bertz CT molecular complexity index is 284. The van der Waals surface area contributed by atoms with Crippen molar-refractivity contribution in [3.63, 3.8) is 0 Å². The van der Waals surface area contributed by atoms with Gasteiger partial charge in [0.05, 0.1) is 17.8 Å². The third-order valence-electron chi connectivity index (χ3n) is 1.62. The largest absolute Gasteiger partial charge is 0.289 e. The Hall–Kier alpha value is -0.660. The van der Waals surface area contributed by atoms with Crippen LogP contribution in [-0.2, 0) is 19.1 Å². The Morgan fingerprint density at radius 3 is 2.29 bits per heavy atom. The number of hydroxylamine groups is 1. The summed E-state index contributed by atoms with van der Waals surface area (Å²) in [6, 6.07) is 0. The average Bonchev–Trinajstić information content (AvgIpc) is 2.12. The molecule has 0 aliphatic carbocycles. The zero-order chi connectivity index (χ0) is 11.4. The molecular formula is C7H15NO5S. The van der Waals surface area contributed by atoms with Gasteiger partial charge in [0, 0.05) is 0 Å². The summed E-state index contributed by atoms with van der Waals surface area (Å²) in [6.45, 7) is 4.13. The lowest BCUT2D eigenvalue weighted by Gasteiger charge is -2.11. The molecule has 84 valence electrons. The van der Waals surface area contributed by atoms with Crippen LogP contribution in [0.5, 0.6) is 0 Å². The quantitative estimate of drug-likeness (QED) is 0.386. The summed E-state index contributed by atoms with van der Waals surface area (Å²) in [5.74, 6) is -1.39. The van der Waals surface area contributed by atoms with Crippen LogP contribution in [0.1, 0.15) is 20.8 Å². The SMILES string of the molecule is CC(COS(=O)(=O)C(C)C)C(=O)NO. The zero-order valence-corrected chi connectivity index (χ0v) is 9.17. The molecule has 14 heavy (non-hydrogen) atoms. The minimum atomic E-state index is -3.60. The summed E-state index contributed by atoms with van der Waals surface area (Å²) in [7, 11) is -3.60. The van der Waals surface area contributed by atoms with Crippen LogP contribution in [0.2, 0.25) is 0 Å². The topological polar surface area (TPSA) is 92.7 Å². The van der Waals surface area contributed by atoms with Crippen LogP contribution in [0, 0.1) is 5.92 Å². The highest BCUT2D eigenvalue weighted by molar-refractivity contribution is 7.87. The van der Waals surface area contributed by atoms with E-state index in [9.17, 15) is 13.2 Å². The molecule has 0 saturated heterocycles. The molecule has 1 amide bonds. The van der Waals surface area contributed by atoms with Gasteiger partial charge in [-0.15, -0.1) is 0 Å². The van der Waals surface area contributed by atoms with Crippen molar-refractivity contribution < 1.29 is 22.6 Å². The van der Waals surface area contributed by atoms with Crippen molar-refractivity contribution in [2.45, 2.75) is 26.0 Å². The number of carbonyl (C=O) groups excluding carboxylic acids is 1. The second-order valence-electron chi connectivity index (χ2n) is 3.20. The zero-order valence-electron chi connectivity index (χ0n) is 8.35. The lowest BCUT2D eigenvalue weighted by atomic mass is 10.2. The van der Waals surface area contributed by atoms with Crippen molar-refractivity contribution in [1.29, 1.82) is 0 Å². The summed E-state index contributed by atoms with van der Waals surface area (Å²) in [4.78, 5) is 10.8. The smallest absolute Gasteiger partial charge is 0.269 e. The number of nitrogens with one attached hydrogen (secondary N) is 1. The van der Waals surface area contributed by atoms with Crippen LogP contribution < -0.4 is 5.48 Å². The molecule has 6 nitrogen and oxygen atoms in total. The third kappa shape index (κ3) is 4.03. The van der Waals surface area contributed by atoms with Gasteiger partial charge in [0.25, 0.3) is 10.1 Å². The lowest BCUT2D eigenvalue weighted by molar-refractivity contribution is -0.133. The fraction of sp³-hybridized carbons (Fsp3) is 0.857. The van der Waals surface area contributed by atoms with E-state index < -0.39 is 27.2 Å². The van der Waals surface area contributed by atoms with Crippen LogP contribution >= 0.6 is 0 Å². The van der Waals surface area contributed by atoms with Gasteiger partial charge in [-0.05, 0) is 13.8 Å². The number of rotatable bonds is 5. The standard InChI is InChI=1S/C7H15NO5S/c1-5(2)14(11,12)13-4-6(3)7(9)8-10/h5-6,10H,4H2,1-3H3,(H,8,9). The summed E-state index contributed by atoms with van der Waals surface area (Å²) in [6.07, 6.45) is 0. The van der Waals surface area contributed by atoms with Gasteiger partial charge in [0.15, 0.2) is 0 Å². The first-order valence-corrected chi connectivity index (χ1v) is 5.60. The van der Waals surface area contributed by atoms with Crippen LogP contribution in [0.15, 0.2) is 0 Å². The molecule has 1 atom stereocenters. The van der Waals surface area contributed by atoms with Crippen LogP contribution in [-0.4, -0.2) is 31.4 Å². The highest BCUT2D eigenvalue weighted by Gasteiger charge is 2.20. The molecule has 0 saturated carbocycles. The number of hydrogen-bond acceptors (Lipinski definition) is 5. The molecule has 0 aromatic rings. The molecule has 0 aromatic carbocycles. The second-order valence-corrected chi connectivity index (χ2v) is 5.37. The first-order chi connectivity index (χ1) is 6.31. The molecule has 7 heteroatoms. The molecule has 0 bridgehead atoms. The molecule has 0 aliphatic rings. The van der Waals surface area contributed by atoms with E-state index in [1.807, 2.05) is 0 Å². The Morgan fingerprint density at radius 2 is 1.93 bits per heavy atom. The Balaban J connectivity index is 4.14. The predicted octanol–water partition coefficient (Wildman–Crippen LogP) is -0.117. The van der Waals surface area contributed by atoms with Crippen LogP contribution in [0.3, 0.4) is 0 Å². The van der Waals surface area contributed by atoms with Crippen LogP contribution in [0.25, 0.3) is 0 Å². The van der Waals surface area contributed by atoms with Crippen molar-refractivity contribution in [2.75, 3.05) is 6.61 Å². The van der Waals surface area contributed by atoms with E-state index in [0.29, 0.717) is 0 Å². The number of hydrogen-bond donors (Lipinski definition) is 2. The summed E-state index contributed by atoms with van der Waals surface area (Å²) >= 11 is 0. The van der Waals surface area contributed by atoms with E-state index in [-0.39, 0.29) is 6.61 Å². The van der Waals surface area contributed by atoms with Gasteiger partial charge in [-0.2, -0.15) is 8.42 Å². The molecule has 0 fully saturated rings. The maximum Gasteiger partial charge on any atom is 0.269 e. The molecular weight excluding hydrogens is 210 g/mol. The first-order valence-electron chi connectivity index (χ1n) is 4.13. The highest BCUT2D eigenvalue weighted by atomic mass is 32.2. The lowest BCUT2D eigenvalue weighted by Crippen LogP contribution is -2.30. The van der Waals surface area contributed by atoms with Gasteiger partial charge < -0.3 is 0 Å². The molecule has 0 aliphatic heterocycles. The fourth-order valence-corrected chi connectivity index (χ4v) is 1.18. The first kappa shape index (κ1) is 13.3. The summed E-state index contributed by atoms with van der Waals surface area (Å²) in [5, 5.41) is 7.59. The molecule has 2 N–H and O–H groups in total. The van der Waals surface area contributed by atoms with Crippen LogP contribution in [0.4, 0.5) is 0 Å². The van der Waals surface area contributed by atoms with E-state index in [1.54, 1.807) is 0 Å². The van der Waals surface area contributed by atoms with E-state index >= 15 is 0 Å². The van der Waals surface area contributed by atoms with Gasteiger partial charge >= 0.3 is 0 Å². The number of amides is 1. The van der Waals surface area contributed by atoms with Gasteiger partial charge in [-0.1, -0.05) is 6.92 Å². The molecule has 0 radical (unpaired) electrons.